The number of alkyl halides is 3. The second-order valence-corrected chi connectivity index (χ2v) is 4.30. The Morgan fingerprint density at radius 2 is 2.00 bits per heavy atom. The number of hydrogen-bond acceptors (Lipinski definition) is 3. The highest BCUT2D eigenvalue weighted by Gasteiger charge is 2.31. The normalized spacial score (nSPS) is 16.8. The summed E-state index contributed by atoms with van der Waals surface area (Å²) in [6.07, 6.45) is -1.94. The van der Waals surface area contributed by atoms with Crippen LogP contribution in [0.1, 0.15) is 19.3 Å². The van der Waals surface area contributed by atoms with E-state index in [1.54, 1.807) is 0 Å². The van der Waals surface area contributed by atoms with Gasteiger partial charge in [0.25, 0.3) is 0 Å². The van der Waals surface area contributed by atoms with Crippen LogP contribution in [-0.4, -0.2) is 42.0 Å². The lowest BCUT2D eigenvalue weighted by Crippen LogP contribution is -2.34. The van der Waals surface area contributed by atoms with E-state index in [1.807, 2.05) is 4.90 Å². The van der Waals surface area contributed by atoms with Gasteiger partial charge in [-0.1, -0.05) is 12.2 Å². The molecule has 0 unspecified atom stereocenters. The Hall–Kier alpha value is -0.400. The molecule has 3 nitrogen and oxygen atoms in total. The van der Waals surface area contributed by atoms with Gasteiger partial charge in [0.1, 0.15) is 0 Å². The third kappa shape index (κ3) is 6.24. The molecule has 0 saturated heterocycles. The molecule has 16 heavy (non-hydrogen) atoms. The molecule has 0 spiro atoms. The molecule has 0 heterocycles. The average Bonchev–Trinajstić information content (AvgIpc) is 2.91. The zero-order chi connectivity index (χ0) is 12.2. The SMILES string of the molecule is NC(=S)CCN(CCOC(F)(F)F)C1CC1. The molecular weight excluding hydrogens is 241 g/mol. The van der Waals surface area contributed by atoms with Crippen LogP contribution in [0.3, 0.4) is 0 Å². The van der Waals surface area contributed by atoms with Gasteiger partial charge in [0.15, 0.2) is 0 Å². The number of nitrogens with two attached hydrogens (primary N) is 1. The summed E-state index contributed by atoms with van der Waals surface area (Å²) in [5, 5.41) is 0. The van der Waals surface area contributed by atoms with Crippen LogP contribution >= 0.6 is 12.2 Å². The summed E-state index contributed by atoms with van der Waals surface area (Å²) in [6, 6.07) is 0.381. The van der Waals surface area contributed by atoms with Gasteiger partial charge in [-0.2, -0.15) is 0 Å². The van der Waals surface area contributed by atoms with E-state index in [0.717, 1.165) is 12.8 Å². The zero-order valence-electron chi connectivity index (χ0n) is 8.79. The predicted molar refractivity (Wildman–Crippen MR) is 58.0 cm³/mol. The fraction of sp³-hybridized carbons (Fsp3) is 0.889. The monoisotopic (exact) mass is 256 g/mol. The molecule has 0 bridgehead atoms. The Morgan fingerprint density at radius 1 is 1.38 bits per heavy atom. The minimum Gasteiger partial charge on any atom is -0.393 e. The Kier molecular flexibility index (Phi) is 4.94. The number of halogens is 3. The number of thiocarbonyl (C=S) groups is 1. The van der Waals surface area contributed by atoms with E-state index in [4.69, 9.17) is 18.0 Å². The third-order valence-electron chi connectivity index (χ3n) is 2.35. The molecule has 1 aliphatic rings. The third-order valence-corrected chi connectivity index (χ3v) is 2.56. The van der Waals surface area contributed by atoms with Crippen molar-refractivity contribution in [2.75, 3.05) is 19.7 Å². The smallest absolute Gasteiger partial charge is 0.393 e. The van der Waals surface area contributed by atoms with E-state index in [1.165, 1.54) is 0 Å². The van der Waals surface area contributed by atoms with E-state index in [9.17, 15) is 13.2 Å². The molecule has 7 heteroatoms. The Balaban J connectivity index is 2.20. The number of hydrogen-bond donors (Lipinski definition) is 1. The van der Waals surface area contributed by atoms with Crippen molar-refractivity contribution in [3.8, 4) is 0 Å². The average molecular weight is 256 g/mol. The summed E-state index contributed by atoms with van der Waals surface area (Å²) in [5.74, 6) is 0. The molecule has 0 atom stereocenters. The second-order valence-electron chi connectivity index (χ2n) is 3.78. The fourth-order valence-corrected chi connectivity index (χ4v) is 1.54. The summed E-state index contributed by atoms with van der Waals surface area (Å²) in [6.45, 7) is 0.547. The first-order valence-electron chi connectivity index (χ1n) is 5.11. The number of rotatable bonds is 7. The molecule has 1 fully saturated rings. The van der Waals surface area contributed by atoms with Gasteiger partial charge < -0.3 is 5.73 Å². The quantitative estimate of drug-likeness (QED) is 0.703. The van der Waals surface area contributed by atoms with Gasteiger partial charge in [0, 0.05) is 25.6 Å². The van der Waals surface area contributed by atoms with Crippen molar-refractivity contribution in [2.45, 2.75) is 31.7 Å². The lowest BCUT2D eigenvalue weighted by atomic mass is 10.3. The van der Waals surface area contributed by atoms with Crippen molar-refractivity contribution < 1.29 is 17.9 Å². The van der Waals surface area contributed by atoms with Crippen molar-refractivity contribution in [3.63, 3.8) is 0 Å². The molecule has 0 aromatic heterocycles. The van der Waals surface area contributed by atoms with E-state index in [-0.39, 0.29) is 13.2 Å². The minimum absolute atomic E-state index is 0.271. The van der Waals surface area contributed by atoms with Gasteiger partial charge in [0.05, 0.1) is 11.6 Å². The highest BCUT2D eigenvalue weighted by atomic mass is 32.1. The van der Waals surface area contributed by atoms with Gasteiger partial charge in [0.2, 0.25) is 0 Å². The molecule has 94 valence electrons. The maximum Gasteiger partial charge on any atom is 0.522 e. The van der Waals surface area contributed by atoms with Crippen LogP contribution in [0.5, 0.6) is 0 Å². The first-order valence-corrected chi connectivity index (χ1v) is 5.52. The van der Waals surface area contributed by atoms with Crippen molar-refractivity contribution in [2.24, 2.45) is 5.73 Å². The first-order chi connectivity index (χ1) is 7.38. The largest absolute Gasteiger partial charge is 0.522 e. The lowest BCUT2D eigenvalue weighted by molar-refractivity contribution is -0.325. The topological polar surface area (TPSA) is 38.5 Å². The number of ether oxygens (including phenoxy) is 1. The van der Waals surface area contributed by atoms with Gasteiger partial charge in [-0.25, -0.2) is 0 Å². The molecule has 1 aliphatic carbocycles. The Bertz CT molecular complexity index is 243. The van der Waals surface area contributed by atoms with Gasteiger partial charge in [-0.05, 0) is 12.8 Å². The molecule has 0 amide bonds. The van der Waals surface area contributed by atoms with Crippen LogP contribution in [0.15, 0.2) is 0 Å². The summed E-state index contributed by atoms with van der Waals surface area (Å²) < 4.78 is 39.0. The number of nitrogens with zero attached hydrogens (tertiary/aromatic N) is 1. The summed E-state index contributed by atoms with van der Waals surface area (Å²) in [7, 11) is 0. The molecule has 2 N–H and O–H groups in total. The fourth-order valence-electron chi connectivity index (χ4n) is 1.45. The van der Waals surface area contributed by atoms with Crippen molar-refractivity contribution in [1.82, 2.24) is 4.90 Å². The van der Waals surface area contributed by atoms with Crippen LogP contribution in [-0.2, 0) is 4.74 Å². The highest BCUT2D eigenvalue weighted by Crippen LogP contribution is 2.27. The van der Waals surface area contributed by atoms with Crippen LogP contribution in [0.4, 0.5) is 13.2 Å². The van der Waals surface area contributed by atoms with Gasteiger partial charge in [-0.3, -0.25) is 9.64 Å². The predicted octanol–water partition coefficient (Wildman–Crippen LogP) is 1.66. The molecule has 0 aromatic rings. The maximum absolute atomic E-state index is 11.8. The molecular formula is C9H15F3N2OS. The lowest BCUT2D eigenvalue weighted by Gasteiger charge is -2.21. The van der Waals surface area contributed by atoms with Crippen LogP contribution in [0, 0.1) is 0 Å². The van der Waals surface area contributed by atoms with Crippen molar-refractivity contribution in [3.05, 3.63) is 0 Å². The molecule has 0 radical (unpaired) electrons. The first kappa shape index (κ1) is 13.7. The Labute approximate surface area is 97.7 Å². The van der Waals surface area contributed by atoms with Crippen LogP contribution in [0.25, 0.3) is 0 Å². The summed E-state index contributed by atoms with van der Waals surface area (Å²) >= 11 is 4.73. The van der Waals surface area contributed by atoms with E-state index in [0.29, 0.717) is 24.0 Å². The highest BCUT2D eigenvalue weighted by molar-refractivity contribution is 7.80. The zero-order valence-corrected chi connectivity index (χ0v) is 9.61. The second kappa shape index (κ2) is 5.79. The maximum atomic E-state index is 11.8. The van der Waals surface area contributed by atoms with E-state index < -0.39 is 6.36 Å². The van der Waals surface area contributed by atoms with Crippen molar-refractivity contribution >= 4 is 17.2 Å². The van der Waals surface area contributed by atoms with Gasteiger partial charge >= 0.3 is 6.36 Å². The summed E-state index contributed by atoms with van der Waals surface area (Å²) in [5.41, 5.74) is 5.35. The molecule has 0 aromatic carbocycles. The standard InChI is InChI=1S/C9H15F3N2OS/c10-9(11,12)15-6-5-14(7-1-2-7)4-3-8(13)16/h7H,1-6H2,(H2,13,16). The van der Waals surface area contributed by atoms with Crippen molar-refractivity contribution in [1.29, 1.82) is 0 Å². The molecule has 1 saturated carbocycles. The molecule has 1 rings (SSSR count). The molecule has 0 aliphatic heterocycles. The van der Waals surface area contributed by atoms with E-state index >= 15 is 0 Å². The van der Waals surface area contributed by atoms with Crippen LogP contribution in [0.2, 0.25) is 0 Å². The summed E-state index contributed by atoms with van der Waals surface area (Å²) in [4.78, 5) is 2.34. The Morgan fingerprint density at radius 3 is 2.44 bits per heavy atom. The van der Waals surface area contributed by atoms with Gasteiger partial charge in [-0.15, -0.1) is 13.2 Å². The minimum atomic E-state index is -4.54. The van der Waals surface area contributed by atoms with E-state index in [2.05, 4.69) is 4.74 Å². The van der Waals surface area contributed by atoms with Crippen LogP contribution < -0.4 is 5.73 Å².